The third-order valence-electron chi connectivity index (χ3n) is 2.76. The molecule has 0 saturated heterocycles. The summed E-state index contributed by atoms with van der Waals surface area (Å²) in [7, 11) is 1.56. The third kappa shape index (κ3) is 6.48. The number of nitrogens with one attached hydrogen (secondary N) is 1. The molecule has 1 aromatic carbocycles. The number of carboxylic acids is 1. The Balaban J connectivity index is 2.25. The van der Waals surface area contributed by atoms with Crippen LogP contribution in [-0.2, 0) is 4.79 Å². The van der Waals surface area contributed by atoms with Crippen molar-refractivity contribution < 1.29 is 19.4 Å². The molecule has 0 radical (unpaired) electrons. The van der Waals surface area contributed by atoms with Gasteiger partial charge in [-0.2, -0.15) is 0 Å². The van der Waals surface area contributed by atoms with Crippen molar-refractivity contribution in [3.8, 4) is 5.75 Å². The highest BCUT2D eigenvalue weighted by Gasteiger charge is 2.16. The van der Waals surface area contributed by atoms with E-state index < -0.39 is 11.9 Å². The summed E-state index contributed by atoms with van der Waals surface area (Å²) in [6, 6.07) is 7.10. The van der Waals surface area contributed by atoms with E-state index in [9.17, 15) is 9.59 Å². The van der Waals surface area contributed by atoms with E-state index in [0.29, 0.717) is 18.9 Å². The summed E-state index contributed by atoms with van der Waals surface area (Å²) in [6.07, 6.45) is 0. The van der Waals surface area contributed by atoms with Crippen molar-refractivity contribution in [3.05, 3.63) is 28.7 Å². The minimum absolute atomic E-state index is 0.160. The van der Waals surface area contributed by atoms with E-state index >= 15 is 0 Å². The zero-order valence-electron chi connectivity index (χ0n) is 12.0. The molecule has 7 heteroatoms. The second-order valence-corrected chi connectivity index (χ2v) is 5.57. The van der Waals surface area contributed by atoms with Gasteiger partial charge in [0.05, 0.1) is 12.5 Å². The lowest BCUT2D eigenvalue weighted by molar-refractivity contribution is -0.141. The van der Waals surface area contributed by atoms with Crippen molar-refractivity contribution in [2.45, 2.75) is 6.92 Å². The first-order chi connectivity index (χ1) is 9.90. The summed E-state index contributed by atoms with van der Waals surface area (Å²) in [6.45, 7) is 2.40. The molecule has 1 atom stereocenters. The highest BCUT2D eigenvalue weighted by atomic mass is 79.9. The molecule has 0 heterocycles. The van der Waals surface area contributed by atoms with Gasteiger partial charge in [0.2, 0.25) is 0 Å². The van der Waals surface area contributed by atoms with Crippen LogP contribution >= 0.6 is 15.9 Å². The monoisotopic (exact) mass is 358 g/mol. The molecular weight excluding hydrogens is 340 g/mol. The van der Waals surface area contributed by atoms with Crippen LogP contribution in [0.5, 0.6) is 5.75 Å². The predicted octanol–water partition coefficient (Wildman–Crippen LogP) is 2.19. The predicted molar refractivity (Wildman–Crippen MR) is 82.5 cm³/mol. The molecule has 6 nitrogen and oxygen atoms in total. The smallest absolute Gasteiger partial charge is 0.317 e. The zero-order chi connectivity index (χ0) is 15.8. The maximum absolute atomic E-state index is 11.7. The molecule has 0 aliphatic heterocycles. The van der Waals surface area contributed by atoms with Crippen molar-refractivity contribution in [2.75, 3.05) is 26.7 Å². The quantitative estimate of drug-likeness (QED) is 0.732. The van der Waals surface area contributed by atoms with Gasteiger partial charge >= 0.3 is 12.0 Å². The van der Waals surface area contributed by atoms with Gasteiger partial charge in [0.1, 0.15) is 12.4 Å². The number of rotatable bonds is 7. The molecule has 0 aromatic heterocycles. The van der Waals surface area contributed by atoms with Crippen LogP contribution in [0.15, 0.2) is 28.7 Å². The van der Waals surface area contributed by atoms with E-state index in [2.05, 4.69) is 21.2 Å². The molecule has 0 fully saturated rings. The fraction of sp³-hybridized carbons (Fsp3) is 0.429. The average Bonchev–Trinajstić information content (AvgIpc) is 2.43. The molecule has 0 aliphatic carbocycles. The Morgan fingerprint density at radius 3 is 2.81 bits per heavy atom. The Bertz CT molecular complexity index is 496. The van der Waals surface area contributed by atoms with Crippen molar-refractivity contribution >= 4 is 27.9 Å². The summed E-state index contributed by atoms with van der Waals surface area (Å²) >= 11 is 3.34. The number of carbonyl (C=O) groups excluding carboxylic acids is 1. The van der Waals surface area contributed by atoms with Gasteiger partial charge in [-0.15, -0.1) is 0 Å². The summed E-state index contributed by atoms with van der Waals surface area (Å²) in [5, 5.41) is 11.5. The lowest BCUT2D eigenvalue weighted by Crippen LogP contribution is -2.42. The van der Waals surface area contributed by atoms with Crippen LogP contribution < -0.4 is 10.1 Å². The number of benzene rings is 1. The number of urea groups is 1. The first-order valence-corrected chi connectivity index (χ1v) is 7.29. The van der Waals surface area contributed by atoms with Crippen LogP contribution in [0.25, 0.3) is 0 Å². The van der Waals surface area contributed by atoms with E-state index in [1.165, 1.54) is 4.90 Å². The molecular formula is C14H19BrN2O4. The lowest BCUT2D eigenvalue weighted by atomic mass is 10.2. The van der Waals surface area contributed by atoms with E-state index in [1.807, 2.05) is 24.3 Å². The van der Waals surface area contributed by atoms with Gasteiger partial charge in [-0.1, -0.05) is 28.9 Å². The second kappa shape index (κ2) is 8.51. The normalized spacial score (nSPS) is 11.6. The molecule has 0 spiro atoms. The number of carbonyl (C=O) groups is 2. The van der Waals surface area contributed by atoms with Crippen molar-refractivity contribution in [2.24, 2.45) is 5.92 Å². The van der Waals surface area contributed by atoms with Gasteiger partial charge in [0.25, 0.3) is 0 Å². The minimum Gasteiger partial charge on any atom is -0.492 e. The van der Waals surface area contributed by atoms with Crippen molar-refractivity contribution in [3.63, 3.8) is 0 Å². The molecule has 0 bridgehead atoms. The Hall–Kier alpha value is -1.76. The summed E-state index contributed by atoms with van der Waals surface area (Å²) in [4.78, 5) is 23.8. The van der Waals surface area contributed by atoms with Crippen LogP contribution in [0.4, 0.5) is 4.79 Å². The Morgan fingerprint density at radius 1 is 1.48 bits per heavy atom. The van der Waals surface area contributed by atoms with Crippen molar-refractivity contribution in [1.29, 1.82) is 0 Å². The van der Waals surface area contributed by atoms with Crippen LogP contribution in [0.2, 0.25) is 0 Å². The SMILES string of the molecule is CC(CN(C)C(=O)NCCOc1cccc(Br)c1)C(=O)O. The fourth-order valence-corrected chi connectivity index (χ4v) is 1.97. The molecule has 1 unspecified atom stereocenters. The van der Waals surface area contributed by atoms with E-state index in [4.69, 9.17) is 9.84 Å². The van der Waals surface area contributed by atoms with Crippen LogP contribution in [0, 0.1) is 5.92 Å². The van der Waals surface area contributed by atoms with E-state index in [0.717, 1.165) is 4.47 Å². The van der Waals surface area contributed by atoms with Gasteiger partial charge < -0.3 is 20.1 Å². The molecule has 0 aliphatic rings. The Morgan fingerprint density at radius 2 is 2.19 bits per heavy atom. The van der Waals surface area contributed by atoms with Crippen LogP contribution in [0.1, 0.15) is 6.92 Å². The van der Waals surface area contributed by atoms with Crippen molar-refractivity contribution in [1.82, 2.24) is 10.2 Å². The number of aliphatic carboxylic acids is 1. The first-order valence-electron chi connectivity index (χ1n) is 6.50. The van der Waals surface area contributed by atoms with Crippen LogP contribution in [0.3, 0.4) is 0 Å². The summed E-state index contributed by atoms with van der Waals surface area (Å²) in [5.41, 5.74) is 0. The molecule has 2 N–H and O–H groups in total. The molecule has 1 aromatic rings. The number of nitrogens with zero attached hydrogens (tertiary/aromatic N) is 1. The van der Waals surface area contributed by atoms with Gasteiger partial charge in [-0.25, -0.2) is 4.79 Å². The molecule has 0 saturated carbocycles. The van der Waals surface area contributed by atoms with E-state index in [1.54, 1.807) is 14.0 Å². The Labute approximate surface area is 132 Å². The maximum atomic E-state index is 11.7. The number of amides is 2. The topological polar surface area (TPSA) is 78.9 Å². The first kappa shape index (κ1) is 17.3. The maximum Gasteiger partial charge on any atom is 0.317 e. The zero-order valence-corrected chi connectivity index (χ0v) is 13.6. The number of halogens is 1. The minimum atomic E-state index is -0.923. The second-order valence-electron chi connectivity index (χ2n) is 4.66. The fourth-order valence-electron chi connectivity index (χ4n) is 1.59. The highest BCUT2D eigenvalue weighted by Crippen LogP contribution is 2.17. The van der Waals surface area contributed by atoms with Gasteiger partial charge in [-0.3, -0.25) is 4.79 Å². The average molecular weight is 359 g/mol. The highest BCUT2D eigenvalue weighted by molar-refractivity contribution is 9.10. The number of ether oxygens (including phenoxy) is 1. The summed E-state index contributed by atoms with van der Waals surface area (Å²) in [5.74, 6) is -0.808. The van der Waals surface area contributed by atoms with Gasteiger partial charge in [0, 0.05) is 18.1 Å². The molecule has 1 rings (SSSR count). The Kier molecular flexibility index (Phi) is 7.01. The number of hydrogen-bond donors (Lipinski definition) is 2. The van der Waals surface area contributed by atoms with Crippen LogP contribution in [-0.4, -0.2) is 48.8 Å². The largest absolute Gasteiger partial charge is 0.492 e. The van der Waals surface area contributed by atoms with E-state index in [-0.39, 0.29) is 12.6 Å². The number of carboxylic acid groups (broad SMARTS) is 1. The molecule has 2 amide bonds. The number of hydrogen-bond acceptors (Lipinski definition) is 3. The molecule has 21 heavy (non-hydrogen) atoms. The molecule has 116 valence electrons. The van der Waals surface area contributed by atoms with Gasteiger partial charge in [-0.05, 0) is 18.2 Å². The third-order valence-corrected chi connectivity index (χ3v) is 3.25. The standard InChI is InChI=1S/C14H19BrN2O4/c1-10(13(18)19)9-17(2)14(20)16-6-7-21-12-5-3-4-11(15)8-12/h3-5,8,10H,6-7,9H2,1-2H3,(H,16,20)(H,18,19). The summed E-state index contributed by atoms with van der Waals surface area (Å²) < 4.78 is 6.40. The van der Waals surface area contributed by atoms with Gasteiger partial charge in [0.15, 0.2) is 0 Å². The lowest BCUT2D eigenvalue weighted by Gasteiger charge is -2.20.